The average molecular weight is 284 g/mol. The van der Waals surface area contributed by atoms with Gasteiger partial charge in [-0.1, -0.05) is 43.5 Å². The topological polar surface area (TPSA) is 12.0 Å². The summed E-state index contributed by atoms with van der Waals surface area (Å²) in [7, 11) is 0. The molecule has 1 aliphatic carbocycles. The smallest absolute Gasteiger partial charge is 0.145 e. The fraction of sp³-hybridized carbons (Fsp3) is 0.625. The molecule has 1 aromatic rings. The fourth-order valence-corrected chi connectivity index (χ4v) is 3.31. The zero-order chi connectivity index (χ0) is 13.7. The van der Waals surface area contributed by atoms with Crippen molar-refractivity contribution in [3.63, 3.8) is 0 Å². The predicted octanol–water partition coefficient (Wildman–Crippen LogP) is 4.75. The van der Waals surface area contributed by atoms with Gasteiger partial charge in [-0.15, -0.1) is 0 Å². The van der Waals surface area contributed by atoms with Crippen LogP contribution in [0.4, 0.5) is 4.39 Å². The molecule has 106 valence electrons. The van der Waals surface area contributed by atoms with E-state index in [4.69, 9.17) is 11.6 Å². The van der Waals surface area contributed by atoms with E-state index in [9.17, 15) is 4.39 Å². The Morgan fingerprint density at radius 1 is 1.37 bits per heavy atom. The Hall–Kier alpha value is -0.600. The first-order chi connectivity index (χ1) is 9.24. The molecule has 0 radical (unpaired) electrons. The molecule has 1 nitrogen and oxygen atoms in total. The van der Waals surface area contributed by atoms with E-state index in [-0.39, 0.29) is 16.8 Å². The van der Waals surface area contributed by atoms with Gasteiger partial charge in [0.1, 0.15) is 5.82 Å². The number of benzene rings is 1. The lowest BCUT2D eigenvalue weighted by atomic mass is 9.84. The van der Waals surface area contributed by atoms with Crippen LogP contribution in [0.2, 0.25) is 5.02 Å². The lowest BCUT2D eigenvalue weighted by molar-refractivity contribution is 0.399. The Labute approximate surface area is 120 Å². The normalized spacial score (nSPS) is 17.8. The summed E-state index contributed by atoms with van der Waals surface area (Å²) in [5, 5.41) is 3.69. The van der Waals surface area contributed by atoms with Crippen LogP contribution in [-0.4, -0.2) is 13.1 Å². The van der Waals surface area contributed by atoms with E-state index in [1.807, 2.05) is 12.1 Å². The highest BCUT2D eigenvalue weighted by Crippen LogP contribution is 2.38. The van der Waals surface area contributed by atoms with Crippen LogP contribution >= 0.6 is 11.6 Å². The molecule has 1 saturated carbocycles. The number of hydrogen-bond donors (Lipinski definition) is 1. The van der Waals surface area contributed by atoms with Crippen LogP contribution in [-0.2, 0) is 0 Å². The van der Waals surface area contributed by atoms with Crippen LogP contribution < -0.4 is 5.32 Å². The van der Waals surface area contributed by atoms with E-state index in [1.165, 1.54) is 25.7 Å². The minimum absolute atomic E-state index is 0.223. The van der Waals surface area contributed by atoms with E-state index in [1.54, 1.807) is 6.07 Å². The van der Waals surface area contributed by atoms with Crippen molar-refractivity contribution in [2.75, 3.05) is 13.1 Å². The second kappa shape index (κ2) is 7.25. The maximum absolute atomic E-state index is 14.3. The Kier molecular flexibility index (Phi) is 5.65. The quantitative estimate of drug-likeness (QED) is 0.743. The molecule has 2 rings (SSSR count). The summed E-state index contributed by atoms with van der Waals surface area (Å²) in [5.41, 5.74) is 0.794. The Balaban J connectivity index is 2.17. The molecule has 1 aliphatic rings. The van der Waals surface area contributed by atoms with Gasteiger partial charge in [0.15, 0.2) is 0 Å². The summed E-state index contributed by atoms with van der Waals surface area (Å²) < 4.78 is 14.3. The molecule has 0 spiro atoms. The van der Waals surface area contributed by atoms with Crippen LogP contribution in [0.1, 0.15) is 50.5 Å². The molecule has 0 aliphatic heterocycles. The van der Waals surface area contributed by atoms with Gasteiger partial charge in [-0.25, -0.2) is 4.39 Å². The third-order valence-electron chi connectivity index (χ3n) is 4.14. The SMILES string of the molecule is CCCNCC(c1cccc(Cl)c1F)C1CCCC1. The Bertz CT molecular complexity index is 402. The van der Waals surface area contributed by atoms with Crippen molar-refractivity contribution >= 4 is 11.6 Å². The highest BCUT2D eigenvalue weighted by atomic mass is 35.5. The first kappa shape index (κ1) is 14.8. The van der Waals surface area contributed by atoms with Crippen LogP contribution in [0.5, 0.6) is 0 Å². The van der Waals surface area contributed by atoms with Crippen molar-refractivity contribution in [1.82, 2.24) is 5.32 Å². The van der Waals surface area contributed by atoms with Gasteiger partial charge < -0.3 is 5.32 Å². The molecular weight excluding hydrogens is 261 g/mol. The van der Waals surface area contributed by atoms with Gasteiger partial charge in [-0.05, 0) is 43.4 Å². The molecule has 0 saturated heterocycles. The molecule has 1 N–H and O–H groups in total. The van der Waals surface area contributed by atoms with Crippen molar-refractivity contribution < 1.29 is 4.39 Å². The Morgan fingerprint density at radius 2 is 2.11 bits per heavy atom. The van der Waals surface area contributed by atoms with Crippen molar-refractivity contribution in [3.05, 3.63) is 34.6 Å². The standard InChI is InChI=1S/C16H23ClFN/c1-2-10-19-11-14(12-6-3-4-7-12)13-8-5-9-15(17)16(13)18/h5,8-9,12,14,19H,2-4,6-7,10-11H2,1H3. The number of rotatable bonds is 6. The third-order valence-corrected chi connectivity index (χ3v) is 4.43. The summed E-state index contributed by atoms with van der Waals surface area (Å²) in [6.07, 6.45) is 6.08. The van der Waals surface area contributed by atoms with Crippen LogP contribution in [0.25, 0.3) is 0 Å². The first-order valence-corrected chi connectivity index (χ1v) is 7.76. The summed E-state index contributed by atoms with van der Waals surface area (Å²) in [6.45, 7) is 4.00. The third kappa shape index (κ3) is 3.70. The summed E-state index contributed by atoms with van der Waals surface area (Å²) in [4.78, 5) is 0. The van der Waals surface area contributed by atoms with Crippen molar-refractivity contribution in [3.8, 4) is 0 Å². The monoisotopic (exact) mass is 283 g/mol. The van der Waals surface area contributed by atoms with Crippen molar-refractivity contribution in [2.45, 2.75) is 44.9 Å². The second-order valence-corrected chi connectivity index (χ2v) is 5.91. The molecule has 1 aromatic carbocycles. The van der Waals surface area contributed by atoms with Gasteiger partial charge in [0.25, 0.3) is 0 Å². The van der Waals surface area contributed by atoms with Gasteiger partial charge >= 0.3 is 0 Å². The van der Waals surface area contributed by atoms with Gasteiger partial charge in [0.05, 0.1) is 5.02 Å². The van der Waals surface area contributed by atoms with E-state index in [0.717, 1.165) is 25.1 Å². The summed E-state index contributed by atoms with van der Waals surface area (Å²) >= 11 is 5.93. The lowest BCUT2D eigenvalue weighted by Gasteiger charge is -2.25. The molecule has 1 unspecified atom stereocenters. The number of nitrogens with one attached hydrogen (secondary N) is 1. The minimum Gasteiger partial charge on any atom is -0.316 e. The van der Waals surface area contributed by atoms with Crippen LogP contribution in [0.15, 0.2) is 18.2 Å². The number of hydrogen-bond acceptors (Lipinski definition) is 1. The summed E-state index contributed by atoms with van der Waals surface area (Å²) in [5.74, 6) is 0.629. The van der Waals surface area contributed by atoms with Crippen LogP contribution in [0, 0.1) is 11.7 Å². The van der Waals surface area contributed by atoms with Gasteiger partial charge in [0, 0.05) is 12.5 Å². The second-order valence-electron chi connectivity index (χ2n) is 5.50. The molecular formula is C16H23ClFN. The van der Waals surface area contributed by atoms with Gasteiger partial charge in [-0.2, -0.15) is 0 Å². The molecule has 3 heteroatoms. The largest absolute Gasteiger partial charge is 0.316 e. The fourth-order valence-electron chi connectivity index (χ4n) is 3.13. The molecule has 19 heavy (non-hydrogen) atoms. The lowest BCUT2D eigenvalue weighted by Crippen LogP contribution is -2.27. The van der Waals surface area contributed by atoms with Gasteiger partial charge in [0.2, 0.25) is 0 Å². The molecule has 1 fully saturated rings. The molecule has 0 bridgehead atoms. The zero-order valence-corrected chi connectivity index (χ0v) is 12.3. The maximum atomic E-state index is 14.3. The van der Waals surface area contributed by atoms with E-state index in [2.05, 4.69) is 12.2 Å². The van der Waals surface area contributed by atoms with E-state index >= 15 is 0 Å². The van der Waals surface area contributed by atoms with E-state index < -0.39 is 0 Å². The van der Waals surface area contributed by atoms with Crippen molar-refractivity contribution in [1.29, 1.82) is 0 Å². The predicted molar refractivity (Wildman–Crippen MR) is 79.3 cm³/mol. The maximum Gasteiger partial charge on any atom is 0.145 e. The number of halogens is 2. The van der Waals surface area contributed by atoms with Crippen LogP contribution in [0.3, 0.4) is 0 Å². The van der Waals surface area contributed by atoms with E-state index in [0.29, 0.717) is 5.92 Å². The van der Waals surface area contributed by atoms with Crippen molar-refractivity contribution in [2.24, 2.45) is 5.92 Å². The molecule has 0 amide bonds. The summed E-state index contributed by atoms with van der Waals surface area (Å²) in [6, 6.07) is 5.39. The first-order valence-electron chi connectivity index (χ1n) is 7.38. The van der Waals surface area contributed by atoms with Gasteiger partial charge in [-0.3, -0.25) is 0 Å². The highest BCUT2D eigenvalue weighted by Gasteiger charge is 2.28. The highest BCUT2D eigenvalue weighted by molar-refractivity contribution is 6.30. The molecule has 0 aromatic heterocycles. The average Bonchev–Trinajstić information content (AvgIpc) is 2.92. The zero-order valence-electron chi connectivity index (χ0n) is 11.6. The molecule has 1 atom stereocenters. The molecule has 0 heterocycles. The Morgan fingerprint density at radius 3 is 2.79 bits per heavy atom. The minimum atomic E-state index is -0.223.